The molecule has 1 aliphatic rings. The fourth-order valence-corrected chi connectivity index (χ4v) is 14.1. The molecule has 10 aromatic rings. The van der Waals surface area contributed by atoms with E-state index in [0.29, 0.717) is 133 Å². The SMILES string of the molecule is C=C(CNC(=O)c1nc(CN2CCOCC2)c2cc(C)ccc2c1O)OC.C=C(CNC(=O)c1nc(C[N+](C)(C)C)c2cc(C)ccc2c1O)OC.C=C(CNC(=O)c1nc(C[N+](C)(C)C)c2cc(C)ccc2c1O)OC.C=C(CNC(=O)c1nc(C[N+](C)(C)C)c2cc(C)ccc2c1O)OCC.C=C(CNC(=O)c1nc(C[N+](C)(C)C)c2cc(C)ccc2c1O)OCC.COOS(=O)(=O)[O-].COOS(=O)(=O)[O-].[I-].[I-]. The van der Waals surface area contributed by atoms with Gasteiger partial charge in [-0.1, -0.05) is 121 Å². The number of aryl methyl sites for hydroxylation is 5. The summed E-state index contributed by atoms with van der Waals surface area (Å²) in [5, 5.41) is 73.9. The van der Waals surface area contributed by atoms with Gasteiger partial charge in [-0.25, -0.2) is 51.5 Å². The van der Waals surface area contributed by atoms with Gasteiger partial charge in [0.25, 0.3) is 29.5 Å². The van der Waals surface area contributed by atoms with Crippen molar-refractivity contribution in [1.29, 1.82) is 0 Å². The van der Waals surface area contributed by atoms with Gasteiger partial charge in [0.15, 0.2) is 57.2 Å². The average Bonchev–Trinajstić information content (AvgIpc) is 0.791. The van der Waals surface area contributed by atoms with E-state index in [0.717, 1.165) is 111 Å². The van der Waals surface area contributed by atoms with Crippen LogP contribution in [-0.4, -0.2) is 321 Å². The highest BCUT2D eigenvalue weighted by Crippen LogP contribution is 2.38. The number of aromatic nitrogens is 5. The van der Waals surface area contributed by atoms with E-state index in [2.05, 4.69) is 192 Å². The molecule has 1 aliphatic heterocycles. The monoisotopic (exact) mass is 2280 g/mol. The summed E-state index contributed by atoms with van der Waals surface area (Å²) in [7, 11) is 21.7. The second-order valence-corrected chi connectivity index (χ2v) is 39.0. The van der Waals surface area contributed by atoms with Crippen LogP contribution in [0, 0.1) is 34.6 Å². The first-order valence-electron chi connectivity index (χ1n) is 44.8. The average molecular weight is 2290 g/mol. The largest absolute Gasteiger partial charge is 1.00 e. The summed E-state index contributed by atoms with van der Waals surface area (Å²) < 4.78 is 95.6. The molecule has 145 heavy (non-hydrogen) atoms. The molecular weight excluding hydrogens is 2150 g/mol. The standard InChI is InChI=1S/C20H25N3O4.2C20H27N3O3.2C19H25N3O3.2CH4O5S.2HI/c1-13-4-5-15-16(10-13)17(12-23-6-8-27-9-7-23)22-18(19(15)24)20(25)21-11-14(2)26-3;2*1-7-26-14(3)11-21-20(25)18-19(24)15-9-8-13(2)10-16(15)17(22-18)12-23(4,5)6;2*1-12-7-8-14-15(9-12)16(11-22(3,4)5)21-17(18(14)23)19(24)20-10-13(2)25-6;2*1-5-6-7(2,3)4;;/h4-5,10,24H,2,6-9,11-12H2,1,3H3,(H,21,25);2*8-10H,3,7,11-12H2,1-2,4-6H3,(H-,21,24,25);2*7-9H,2,10-11H2,1,3-6H3,(H-,20,23,24);2*1H3,(H,2,3,4);2*1H. The van der Waals surface area contributed by atoms with Gasteiger partial charge in [0.2, 0.25) is 20.8 Å². The first-order valence-corrected chi connectivity index (χ1v) is 47.4. The Hall–Kier alpha value is -11.9. The van der Waals surface area contributed by atoms with Crippen LogP contribution in [-0.2, 0) is 100 Å². The highest BCUT2D eigenvalue weighted by Gasteiger charge is 2.30. The second kappa shape index (κ2) is 57.8. The fraction of sp³-hybridized carbons (Fsp3) is 0.400. The number of rotatable bonds is 36. The van der Waals surface area contributed by atoms with Crippen molar-refractivity contribution in [2.75, 3.05) is 192 Å². The van der Waals surface area contributed by atoms with Crippen molar-refractivity contribution in [1.82, 2.24) is 56.4 Å². The number of pyridine rings is 5. The Kier molecular flexibility index (Phi) is 50.8. The summed E-state index contributed by atoms with van der Waals surface area (Å²) in [4.78, 5) is 94.4. The van der Waals surface area contributed by atoms with Gasteiger partial charge >= 0.3 is 0 Å². The Balaban J connectivity index is 0.000000448. The van der Waals surface area contributed by atoms with Crippen molar-refractivity contribution < 1.29 is 188 Å². The Morgan fingerprint density at radius 1 is 0.359 bits per heavy atom. The predicted octanol–water partition coefficient (Wildman–Crippen LogP) is 4.19. The number of aromatic hydroxyl groups is 5. The Morgan fingerprint density at radius 2 is 0.559 bits per heavy atom. The molecule has 11 rings (SSSR count). The number of hydrogen-bond donors (Lipinski definition) is 10. The second-order valence-electron chi connectivity index (χ2n) is 37.1. The van der Waals surface area contributed by atoms with Gasteiger partial charge < -0.3 is 156 Å². The van der Waals surface area contributed by atoms with Crippen LogP contribution in [0.2, 0.25) is 0 Å². The Morgan fingerprint density at radius 3 is 0.738 bits per heavy atom. The lowest BCUT2D eigenvalue weighted by molar-refractivity contribution is -0.884. The molecule has 10 N–H and O–H groups in total. The number of methoxy groups -OCH3 is 3. The van der Waals surface area contributed by atoms with Crippen molar-refractivity contribution in [2.45, 2.75) is 81.2 Å². The summed E-state index contributed by atoms with van der Waals surface area (Å²) in [6.07, 6.45) is 0. The van der Waals surface area contributed by atoms with Crippen LogP contribution >= 0.6 is 0 Å². The molecule has 0 saturated carbocycles. The third kappa shape index (κ3) is 42.2. The van der Waals surface area contributed by atoms with E-state index >= 15 is 0 Å². The van der Waals surface area contributed by atoms with Gasteiger partial charge in [0.1, 0.15) is 77.8 Å². The highest BCUT2D eigenvalue weighted by atomic mass is 127. The summed E-state index contributed by atoms with van der Waals surface area (Å²) in [6.45, 7) is 40.0. The zero-order valence-corrected chi connectivity index (χ0v) is 92.8. The lowest BCUT2D eigenvalue weighted by atomic mass is 10.0. The fourth-order valence-electron chi connectivity index (χ4n) is 13.8. The zero-order chi connectivity index (χ0) is 108. The number of benzene rings is 5. The molecule has 0 atom stereocenters. The molecule has 0 spiro atoms. The van der Waals surface area contributed by atoms with E-state index in [-0.39, 0.29) is 138 Å². The maximum atomic E-state index is 12.6. The third-order valence-corrected chi connectivity index (χ3v) is 20.8. The number of carbonyl (C=O) groups is 5. The number of halogens is 2. The van der Waals surface area contributed by atoms with Crippen LogP contribution in [0.15, 0.2) is 153 Å². The van der Waals surface area contributed by atoms with E-state index in [1.807, 2.05) is 139 Å². The van der Waals surface area contributed by atoms with Crippen LogP contribution in [0.3, 0.4) is 0 Å². The normalized spacial score (nSPS) is 11.9. The zero-order valence-electron chi connectivity index (χ0n) is 86.9. The molecule has 0 unspecified atom stereocenters. The molecule has 45 heteroatoms. The number of quaternary nitrogens is 4. The quantitative estimate of drug-likeness (QED) is 0.00500. The van der Waals surface area contributed by atoms with E-state index in [4.69, 9.17) is 28.4 Å². The smallest absolute Gasteiger partial charge is 0.274 e. The van der Waals surface area contributed by atoms with Crippen molar-refractivity contribution in [3.63, 3.8) is 0 Å². The predicted molar refractivity (Wildman–Crippen MR) is 541 cm³/mol. The molecule has 5 aromatic carbocycles. The van der Waals surface area contributed by atoms with E-state index in [1.54, 1.807) is 0 Å². The number of carbonyl (C=O) groups excluding carboxylic acids is 5. The number of morpholine rings is 1. The van der Waals surface area contributed by atoms with Gasteiger partial charge in [-0.05, 0) is 78.8 Å². The summed E-state index contributed by atoms with van der Waals surface area (Å²) in [5.41, 5.74) is 9.34. The van der Waals surface area contributed by atoms with Crippen molar-refractivity contribution >= 4 is 104 Å². The molecular formula is C100H139I2N15O26S2. The Labute approximate surface area is 882 Å². The van der Waals surface area contributed by atoms with Crippen LogP contribution in [0.5, 0.6) is 28.7 Å². The molecule has 1 saturated heterocycles. The minimum atomic E-state index is -4.65. The molecule has 796 valence electrons. The van der Waals surface area contributed by atoms with Crippen molar-refractivity contribution in [3.8, 4) is 28.7 Å². The van der Waals surface area contributed by atoms with Crippen LogP contribution in [0.25, 0.3) is 53.9 Å². The van der Waals surface area contributed by atoms with E-state index in [9.17, 15) is 75.4 Å². The van der Waals surface area contributed by atoms with Gasteiger partial charge in [-0.15, -0.1) is 8.67 Å². The first-order chi connectivity index (χ1) is 66.6. The molecule has 1 fully saturated rings. The topological polar surface area (TPSA) is 521 Å². The number of nitrogens with zero attached hydrogens (tertiary/aromatic N) is 10. The molecule has 0 aliphatic carbocycles. The molecule has 0 radical (unpaired) electrons. The minimum Gasteiger partial charge on any atom is -1.00 e. The molecule has 41 nitrogen and oxygen atoms in total. The Bertz CT molecular complexity index is 6190. The van der Waals surface area contributed by atoms with Gasteiger partial charge in [-0.3, -0.25) is 28.9 Å². The minimum absolute atomic E-state index is 0. The number of nitrogens with one attached hydrogen (secondary N) is 5. The van der Waals surface area contributed by atoms with Gasteiger partial charge in [-0.2, -0.15) is 0 Å². The third-order valence-electron chi connectivity index (χ3n) is 20.2. The van der Waals surface area contributed by atoms with Gasteiger partial charge in [0, 0.05) is 73.5 Å². The maximum absolute atomic E-state index is 12.6. The van der Waals surface area contributed by atoms with Crippen LogP contribution in [0.4, 0.5) is 0 Å². The number of hydrogen-bond acceptors (Lipinski definition) is 32. The van der Waals surface area contributed by atoms with Crippen molar-refractivity contribution in [2.24, 2.45) is 0 Å². The van der Waals surface area contributed by atoms with E-state index in [1.165, 1.54) is 21.3 Å². The first kappa shape index (κ1) is 127. The number of ether oxygens (including phenoxy) is 6. The van der Waals surface area contributed by atoms with E-state index < -0.39 is 50.3 Å². The van der Waals surface area contributed by atoms with Crippen LogP contribution < -0.4 is 74.5 Å². The summed E-state index contributed by atoms with van der Waals surface area (Å²) in [5.74, 6) is -0.627. The summed E-state index contributed by atoms with van der Waals surface area (Å²) in [6, 6.07) is 28.6. The number of fused-ring (bicyclic) bond motifs is 5. The van der Waals surface area contributed by atoms with Crippen molar-refractivity contribution in [3.05, 3.63) is 237 Å². The summed E-state index contributed by atoms with van der Waals surface area (Å²) >= 11 is 0. The molecule has 0 bridgehead atoms. The molecule has 6 heterocycles. The lowest BCUT2D eigenvalue weighted by Crippen LogP contribution is -3.00. The number of amides is 5. The molecule has 5 amide bonds. The van der Waals surface area contributed by atoms with Crippen LogP contribution in [0.1, 0.15) is 123 Å². The highest BCUT2D eigenvalue weighted by molar-refractivity contribution is 7.80. The van der Waals surface area contributed by atoms with Gasteiger partial charge in [0.05, 0.1) is 185 Å². The molecule has 5 aromatic heterocycles. The lowest BCUT2D eigenvalue weighted by Gasteiger charge is -2.27. The maximum Gasteiger partial charge on any atom is 0.274 e.